The normalized spacial score (nSPS) is 16.0. The zero-order valence-corrected chi connectivity index (χ0v) is 16.9. The maximum Gasteiger partial charge on any atom is 0.340 e. The average molecular weight is 417 g/mol. The highest BCUT2D eigenvalue weighted by Crippen LogP contribution is 2.22. The number of nitrogens with zero attached hydrogens (tertiary/aromatic N) is 2. The molecule has 1 atom stereocenters. The molecule has 2 heterocycles. The Bertz CT molecular complexity index is 955. The van der Waals surface area contributed by atoms with Gasteiger partial charge in [-0.1, -0.05) is 6.42 Å². The minimum Gasteiger partial charge on any atom is -0.449 e. The summed E-state index contributed by atoms with van der Waals surface area (Å²) in [5.41, 5.74) is 0.663. The lowest BCUT2D eigenvalue weighted by molar-refractivity contribution is -0.123. The molecule has 8 nitrogen and oxygen atoms in total. The number of carbonyl (C=O) groups excluding carboxylic acids is 2. The fourth-order valence-corrected chi connectivity index (χ4v) is 4.49. The predicted octanol–water partition coefficient (Wildman–Crippen LogP) is 2.44. The summed E-state index contributed by atoms with van der Waals surface area (Å²) in [6.07, 6.45) is 4.63. The van der Waals surface area contributed by atoms with E-state index in [0.717, 1.165) is 19.3 Å². The third-order valence-electron chi connectivity index (χ3n) is 4.62. The van der Waals surface area contributed by atoms with Crippen LogP contribution in [0.3, 0.4) is 0 Å². The Balaban J connectivity index is 1.60. The number of piperidine rings is 1. The second-order valence-electron chi connectivity index (χ2n) is 6.77. The monoisotopic (exact) mass is 417 g/mol. The average Bonchev–Trinajstić information content (AvgIpc) is 2.75. The van der Waals surface area contributed by atoms with Gasteiger partial charge in [-0.25, -0.2) is 13.2 Å². The predicted molar refractivity (Wildman–Crippen MR) is 107 cm³/mol. The molecule has 1 amide bonds. The van der Waals surface area contributed by atoms with E-state index in [9.17, 15) is 18.0 Å². The van der Waals surface area contributed by atoms with Gasteiger partial charge in [-0.15, -0.1) is 0 Å². The van der Waals surface area contributed by atoms with E-state index in [1.807, 2.05) is 0 Å². The van der Waals surface area contributed by atoms with Crippen molar-refractivity contribution in [1.82, 2.24) is 9.29 Å². The summed E-state index contributed by atoms with van der Waals surface area (Å²) in [5, 5.41) is 2.62. The Labute approximate surface area is 169 Å². The Morgan fingerprint density at radius 3 is 2.41 bits per heavy atom. The first-order valence-corrected chi connectivity index (χ1v) is 10.8. The van der Waals surface area contributed by atoms with E-state index in [4.69, 9.17) is 4.74 Å². The van der Waals surface area contributed by atoms with Crippen LogP contribution in [0, 0.1) is 0 Å². The molecule has 0 spiro atoms. The molecule has 9 heteroatoms. The number of benzene rings is 1. The molecule has 3 rings (SSSR count). The van der Waals surface area contributed by atoms with E-state index in [0.29, 0.717) is 18.8 Å². The number of sulfonamides is 1. The molecule has 1 aliphatic heterocycles. The number of ether oxygens (including phenoxy) is 1. The van der Waals surface area contributed by atoms with Crippen LogP contribution in [0.25, 0.3) is 0 Å². The topological polar surface area (TPSA) is 106 Å². The van der Waals surface area contributed by atoms with Crippen LogP contribution in [0.5, 0.6) is 0 Å². The molecule has 1 aromatic heterocycles. The van der Waals surface area contributed by atoms with Gasteiger partial charge in [0.05, 0.1) is 10.5 Å². The molecule has 0 saturated carbocycles. The first kappa shape index (κ1) is 20.9. The number of rotatable bonds is 6. The van der Waals surface area contributed by atoms with Crippen LogP contribution in [-0.2, 0) is 19.6 Å². The Morgan fingerprint density at radius 1 is 1.10 bits per heavy atom. The van der Waals surface area contributed by atoms with Crippen molar-refractivity contribution in [3.63, 3.8) is 0 Å². The largest absolute Gasteiger partial charge is 0.449 e. The van der Waals surface area contributed by atoms with Crippen LogP contribution < -0.4 is 5.32 Å². The summed E-state index contributed by atoms with van der Waals surface area (Å²) in [6.45, 7) is 2.51. The lowest BCUT2D eigenvalue weighted by atomic mass is 10.2. The minimum absolute atomic E-state index is 0.188. The van der Waals surface area contributed by atoms with Crippen molar-refractivity contribution in [2.24, 2.45) is 0 Å². The molecular formula is C20H23N3O5S. The van der Waals surface area contributed by atoms with Crippen LogP contribution in [0.15, 0.2) is 53.7 Å². The molecule has 2 aromatic rings. The third kappa shape index (κ3) is 5.18. The van der Waals surface area contributed by atoms with Crippen molar-refractivity contribution < 1.29 is 22.7 Å². The zero-order chi connectivity index (χ0) is 20.9. The van der Waals surface area contributed by atoms with E-state index in [-0.39, 0.29) is 10.5 Å². The van der Waals surface area contributed by atoms with Gasteiger partial charge in [0.1, 0.15) is 0 Å². The van der Waals surface area contributed by atoms with Gasteiger partial charge < -0.3 is 10.1 Å². The molecule has 1 saturated heterocycles. The zero-order valence-electron chi connectivity index (χ0n) is 16.1. The van der Waals surface area contributed by atoms with E-state index < -0.39 is 28.0 Å². The highest BCUT2D eigenvalue weighted by atomic mass is 32.2. The van der Waals surface area contributed by atoms with Crippen molar-refractivity contribution in [3.8, 4) is 0 Å². The van der Waals surface area contributed by atoms with Crippen molar-refractivity contribution in [3.05, 3.63) is 54.4 Å². The molecule has 154 valence electrons. The van der Waals surface area contributed by atoms with Crippen molar-refractivity contribution in [2.75, 3.05) is 18.4 Å². The molecular weight excluding hydrogens is 394 g/mol. The second-order valence-corrected chi connectivity index (χ2v) is 8.71. The van der Waals surface area contributed by atoms with E-state index in [1.54, 1.807) is 12.1 Å². The third-order valence-corrected chi connectivity index (χ3v) is 6.54. The van der Waals surface area contributed by atoms with E-state index >= 15 is 0 Å². The minimum atomic E-state index is -3.52. The van der Waals surface area contributed by atoms with Crippen LogP contribution in [-0.4, -0.2) is 48.8 Å². The van der Waals surface area contributed by atoms with Gasteiger partial charge in [0, 0.05) is 31.2 Å². The first-order chi connectivity index (χ1) is 13.9. The van der Waals surface area contributed by atoms with Gasteiger partial charge in [0.15, 0.2) is 6.10 Å². The maximum atomic E-state index is 12.7. The number of carbonyl (C=O) groups is 2. The van der Waals surface area contributed by atoms with E-state index in [2.05, 4.69) is 10.3 Å². The van der Waals surface area contributed by atoms with Gasteiger partial charge in [-0.3, -0.25) is 9.78 Å². The number of amides is 1. The molecule has 1 aromatic carbocycles. The summed E-state index contributed by atoms with van der Waals surface area (Å²) >= 11 is 0. The SMILES string of the molecule is CC(OC(=O)c1cccnc1)C(=O)Nc1ccc(S(=O)(=O)N2CCCCC2)cc1. The smallest absolute Gasteiger partial charge is 0.340 e. The molecule has 29 heavy (non-hydrogen) atoms. The summed E-state index contributed by atoms with van der Waals surface area (Å²) in [7, 11) is -3.52. The molecule has 1 fully saturated rings. The molecule has 1 N–H and O–H groups in total. The quantitative estimate of drug-likeness (QED) is 0.724. The van der Waals surface area contributed by atoms with Crippen molar-refractivity contribution >= 4 is 27.6 Å². The molecule has 0 bridgehead atoms. The number of nitrogens with one attached hydrogen (secondary N) is 1. The molecule has 1 aliphatic rings. The number of pyridine rings is 1. The Hall–Kier alpha value is -2.78. The van der Waals surface area contributed by atoms with Crippen LogP contribution in [0.2, 0.25) is 0 Å². The summed E-state index contributed by atoms with van der Waals surface area (Å²) < 4.78 is 31.9. The van der Waals surface area contributed by atoms with Crippen LogP contribution >= 0.6 is 0 Å². The fourth-order valence-electron chi connectivity index (χ4n) is 2.97. The van der Waals surface area contributed by atoms with Crippen LogP contribution in [0.1, 0.15) is 36.5 Å². The second kappa shape index (κ2) is 9.15. The molecule has 1 unspecified atom stereocenters. The summed E-state index contributed by atoms with van der Waals surface area (Å²) in [5.74, 6) is -1.17. The van der Waals surface area contributed by atoms with E-state index in [1.165, 1.54) is 47.9 Å². The lowest BCUT2D eigenvalue weighted by Crippen LogP contribution is -2.35. The van der Waals surface area contributed by atoms with Crippen LogP contribution in [0.4, 0.5) is 5.69 Å². The standard InChI is InChI=1S/C20H23N3O5S/c1-15(28-20(25)16-6-5-11-21-14-16)19(24)22-17-7-9-18(10-8-17)29(26,27)23-12-3-2-4-13-23/h5-11,14-15H,2-4,12-13H2,1H3,(H,22,24). The number of anilines is 1. The van der Waals surface area contributed by atoms with Crippen molar-refractivity contribution in [1.29, 1.82) is 0 Å². The number of hydrogen-bond donors (Lipinski definition) is 1. The molecule has 0 radical (unpaired) electrons. The Kier molecular flexibility index (Phi) is 6.60. The first-order valence-electron chi connectivity index (χ1n) is 9.40. The van der Waals surface area contributed by atoms with Gasteiger partial charge in [0.25, 0.3) is 5.91 Å². The van der Waals surface area contributed by atoms with Gasteiger partial charge in [-0.2, -0.15) is 4.31 Å². The summed E-state index contributed by atoms with van der Waals surface area (Å²) in [6, 6.07) is 9.11. The summed E-state index contributed by atoms with van der Waals surface area (Å²) in [4.78, 5) is 28.3. The number of esters is 1. The molecule has 0 aliphatic carbocycles. The highest BCUT2D eigenvalue weighted by Gasteiger charge is 2.26. The van der Waals surface area contributed by atoms with Gasteiger partial charge >= 0.3 is 5.97 Å². The maximum absolute atomic E-state index is 12.7. The van der Waals surface area contributed by atoms with Gasteiger partial charge in [-0.05, 0) is 56.2 Å². The fraction of sp³-hybridized carbons (Fsp3) is 0.350. The number of aromatic nitrogens is 1. The highest BCUT2D eigenvalue weighted by molar-refractivity contribution is 7.89. The lowest BCUT2D eigenvalue weighted by Gasteiger charge is -2.25. The van der Waals surface area contributed by atoms with Crippen molar-refractivity contribution in [2.45, 2.75) is 37.2 Å². The Morgan fingerprint density at radius 2 is 1.79 bits per heavy atom. The number of hydrogen-bond acceptors (Lipinski definition) is 6. The van der Waals surface area contributed by atoms with Gasteiger partial charge in [0.2, 0.25) is 10.0 Å².